The van der Waals surface area contributed by atoms with Crippen LogP contribution in [-0.4, -0.2) is 23.1 Å². The lowest BCUT2D eigenvalue weighted by Crippen LogP contribution is -2.26. The Bertz CT molecular complexity index is 425. The minimum atomic E-state index is 0.250. The van der Waals surface area contributed by atoms with Gasteiger partial charge in [0, 0.05) is 19.2 Å². The van der Waals surface area contributed by atoms with Crippen molar-refractivity contribution >= 4 is 17.6 Å². The van der Waals surface area contributed by atoms with Crippen LogP contribution in [-0.2, 0) is 0 Å². The summed E-state index contributed by atoms with van der Waals surface area (Å²) >= 11 is 0. The number of hydrogen-bond donors (Lipinski definition) is 3. The van der Waals surface area contributed by atoms with Crippen LogP contribution in [0.3, 0.4) is 0 Å². The molecule has 1 unspecified atom stereocenters. The average Bonchev–Trinajstić information content (AvgIpc) is 2.77. The van der Waals surface area contributed by atoms with Crippen LogP contribution in [0.2, 0.25) is 0 Å². The van der Waals surface area contributed by atoms with Crippen molar-refractivity contribution in [2.45, 2.75) is 27.2 Å². The highest BCUT2D eigenvalue weighted by Gasteiger charge is 2.32. The maximum absolute atomic E-state index is 5.68. The SMILES string of the molecule is CC(C)(C)C1CCN(c2cc(NN)nc(N)n2)C1. The lowest BCUT2D eigenvalue weighted by Gasteiger charge is -2.27. The van der Waals surface area contributed by atoms with E-state index in [1.165, 1.54) is 6.42 Å². The van der Waals surface area contributed by atoms with Crippen molar-refractivity contribution in [1.29, 1.82) is 0 Å². The second kappa shape index (κ2) is 4.61. The molecule has 0 aromatic carbocycles. The summed E-state index contributed by atoms with van der Waals surface area (Å²) in [6, 6.07) is 1.83. The normalized spacial score (nSPS) is 20.2. The van der Waals surface area contributed by atoms with Gasteiger partial charge in [-0.25, -0.2) is 5.84 Å². The van der Waals surface area contributed by atoms with Gasteiger partial charge in [-0.05, 0) is 17.8 Å². The fourth-order valence-electron chi connectivity index (χ4n) is 2.36. The van der Waals surface area contributed by atoms with Gasteiger partial charge in [-0.15, -0.1) is 0 Å². The van der Waals surface area contributed by atoms with E-state index >= 15 is 0 Å². The van der Waals surface area contributed by atoms with Gasteiger partial charge in [0.05, 0.1) is 0 Å². The molecule has 100 valence electrons. The van der Waals surface area contributed by atoms with E-state index in [2.05, 4.69) is 41.1 Å². The highest BCUT2D eigenvalue weighted by molar-refractivity contribution is 5.52. The molecule has 1 fully saturated rings. The van der Waals surface area contributed by atoms with Gasteiger partial charge in [-0.2, -0.15) is 9.97 Å². The van der Waals surface area contributed by atoms with E-state index in [4.69, 9.17) is 11.6 Å². The van der Waals surface area contributed by atoms with Crippen molar-refractivity contribution in [2.24, 2.45) is 17.2 Å². The molecule has 0 amide bonds. The highest BCUT2D eigenvalue weighted by Crippen LogP contribution is 2.35. The zero-order valence-electron chi connectivity index (χ0n) is 11.3. The predicted molar refractivity (Wildman–Crippen MR) is 74.0 cm³/mol. The van der Waals surface area contributed by atoms with E-state index < -0.39 is 0 Å². The van der Waals surface area contributed by atoms with Gasteiger partial charge in [-0.1, -0.05) is 20.8 Å². The first-order valence-corrected chi connectivity index (χ1v) is 6.26. The van der Waals surface area contributed by atoms with Crippen molar-refractivity contribution in [3.05, 3.63) is 6.07 Å². The second-order valence-electron chi connectivity index (χ2n) is 5.91. The van der Waals surface area contributed by atoms with Crippen LogP contribution in [0.15, 0.2) is 6.07 Å². The third-order valence-electron chi connectivity index (χ3n) is 3.61. The Morgan fingerprint density at radius 3 is 2.67 bits per heavy atom. The van der Waals surface area contributed by atoms with Gasteiger partial charge < -0.3 is 16.1 Å². The van der Waals surface area contributed by atoms with Crippen molar-refractivity contribution < 1.29 is 0 Å². The number of nitrogens with zero attached hydrogens (tertiary/aromatic N) is 3. The minimum Gasteiger partial charge on any atom is -0.368 e. The molecule has 1 aromatic rings. The summed E-state index contributed by atoms with van der Waals surface area (Å²) in [5, 5.41) is 0. The smallest absolute Gasteiger partial charge is 0.223 e. The van der Waals surface area contributed by atoms with Gasteiger partial charge in [0.2, 0.25) is 5.95 Å². The van der Waals surface area contributed by atoms with Crippen LogP contribution in [0.1, 0.15) is 27.2 Å². The fourth-order valence-corrected chi connectivity index (χ4v) is 2.36. The molecule has 0 radical (unpaired) electrons. The fraction of sp³-hybridized carbons (Fsp3) is 0.667. The Balaban J connectivity index is 2.16. The predicted octanol–water partition coefficient (Wildman–Crippen LogP) is 1.22. The topological polar surface area (TPSA) is 93.1 Å². The minimum absolute atomic E-state index is 0.250. The zero-order valence-corrected chi connectivity index (χ0v) is 11.3. The molecule has 1 aromatic heterocycles. The van der Waals surface area contributed by atoms with E-state index in [-0.39, 0.29) is 5.95 Å². The van der Waals surface area contributed by atoms with Gasteiger partial charge in [0.25, 0.3) is 0 Å². The van der Waals surface area contributed by atoms with Gasteiger partial charge in [-0.3, -0.25) is 0 Å². The number of nitrogens with one attached hydrogen (secondary N) is 1. The van der Waals surface area contributed by atoms with Crippen LogP contribution in [0.4, 0.5) is 17.6 Å². The van der Waals surface area contributed by atoms with Crippen molar-refractivity contribution in [2.75, 3.05) is 29.1 Å². The Hall–Kier alpha value is -1.56. The number of hydrazine groups is 1. The van der Waals surface area contributed by atoms with Crippen LogP contribution >= 0.6 is 0 Å². The largest absolute Gasteiger partial charge is 0.368 e. The second-order valence-corrected chi connectivity index (χ2v) is 5.91. The standard InChI is InChI=1S/C12H22N6/c1-12(2,3)8-4-5-18(7-8)10-6-9(17-14)15-11(13)16-10/h6,8H,4-5,7,14H2,1-3H3,(H3,13,15,16,17). The average molecular weight is 250 g/mol. The summed E-state index contributed by atoms with van der Waals surface area (Å²) in [4.78, 5) is 10.5. The summed E-state index contributed by atoms with van der Waals surface area (Å²) in [5.74, 6) is 7.69. The van der Waals surface area contributed by atoms with Gasteiger partial charge >= 0.3 is 0 Å². The van der Waals surface area contributed by atoms with E-state index in [1.807, 2.05) is 6.07 Å². The molecule has 0 aliphatic carbocycles. The molecule has 2 rings (SSSR count). The lowest BCUT2D eigenvalue weighted by molar-refractivity contribution is 0.263. The van der Waals surface area contributed by atoms with Crippen molar-refractivity contribution in [3.8, 4) is 0 Å². The third-order valence-corrected chi connectivity index (χ3v) is 3.61. The Morgan fingerprint density at radius 2 is 2.11 bits per heavy atom. The molecule has 6 heteroatoms. The number of anilines is 3. The van der Waals surface area contributed by atoms with Crippen molar-refractivity contribution in [3.63, 3.8) is 0 Å². The number of aromatic nitrogens is 2. The van der Waals surface area contributed by atoms with Crippen molar-refractivity contribution in [1.82, 2.24) is 9.97 Å². The van der Waals surface area contributed by atoms with Gasteiger partial charge in [0.1, 0.15) is 11.6 Å². The van der Waals surface area contributed by atoms with E-state index in [0.717, 1.165) is 18.9 Å². The van der Waals surface area contributed by atoms with E-state index in [1.54, 1.807) is 0 Å². The molecule has 18 heavy (non-hydrogen) atoms. The summed E-state index contributed by atoms with van der Waals surface area (Å²) in [6.45, 7) is 8.85. The van der Waals surface area contributed by atoms with Crippen LogP contribution < -0.4 is 21.9 Å². The van der Waals surface area contributed by atoms with Crippen LogP contribution in [0, 0.1) is 11.3 Å². The number of hydrogen-bond acceptors (Lipinski definition) is 6. The first-order chi connectivity index (χ1) is 8.40. The van der Waals surface area contributed by atoms with E-state index in [9.17, 15) is 0 Å². The Morgan fingerprint density at radius 1 is 1.39 bits per heavy atom. The van der Waals surface area contributed by atoms with E-state index in [0.29, 0.717) is 17.2 Å². The molecule has 1 atom stereocenters. The highest BCUT2D eigenvalue weighted by atomic mass is 15.3. The zero-order chi connectivity index (χ0) is 13.3. The number of nitrogen functional groups attached to an aromatic ring is 2. The molecular formula is C12H22N6. The molecule has 0 saturated carbocycles. The summed E-state index contributed by atoms with van der Waals surface area (Å²) in [5.41, 5.74) is 8.52. The first kappa shape index (κ1) is 12.9. The molecule has 0 bridgehead atoms. The Labute approximate surface area is 108 Å². The number of rotatable bonds is 2. The molecular weight excluding hydrogens is 228 g/mol. The molecule has 1 aliphatic rings. The maximum atomic E-state index is 5.68. The summed E-state index contributed by atoms with van der Waals surface area (Å²) < 4.78 is 0. The van der Waals surface area contributed by atoms with Crippen LogP contribution in [0.5, 0.6) is 0 Å². The Kier molecular flexibility index (Phi) is 3.30. The monoisotopic (exact) mass is 250 g/mol. The third kappa shape index (κ3) is 2.64. The lowest BCUT2D eigenvalue weighted by atomic mass is 9.80. The summed E-state index contributed by atoms with van der Waals surface area (Å²) in [6.07, 6.45) is 1.18. The van der Waals surface area contributed by atoms with Crippen LogP contribution in [0.25, 0.3) is 0 Å². The molecule has 2 heterocycles. The molecule has 0 spiro atoms. The quantitative estimate of drug-likeness (QED) is 0.540. The number of nitrogens with two attached hydrogens (primary N) is 2. The molecule has 1 saturated heterocycles. The molecule has 5 N–H and O–H groups in total. The molecule has 6 nitrogen and oxygen atoms in total. The summed E-state index contributed by atoms with van der Waals surface area (Å²) in [7, 11) is 0. The first-order valence-electron chi connectivity index (χ1n) is 6.26. The molecule has 1 aliphatic heterocycles. The van der Waals surface area contributed by atoms with Gasteiger partial charge in [0.15, 0.2) is 0 Å². The maximum Gasteiger partial charge on any atom is 0.223 e.